The van der Waals surface area contributed by atoms with Crippen molar-refractivity contribution in [3.63, 3.8) is 0 Å². The smallest absolute Gasteiger partial charge is 0.341 e. The standard InChI is InChI=1S/C23H23N5O4/c1-28-12-16-9-17(8-7-15(16)10-20(28)30)25-23-24-11-18(22(31)32)21(27-23)26-19(13-29)14-5-3-2-4-6-14/h2-9,11,19,29H,10,12-13H2,1H3,(H,31,32)(H2,24,25,26,27)/t19-/m1/s1. The van der Waals surface area contributed by atoms with E-state index in [1.54, 1.807) is 11.9 Å². The number of carboxylic acid groups (broad SMARTS) is 1. The van der Waals surface area contributed by atoms with E-state index in [4.69, 9.17) is 0 Å². The molecule has 1 aliphatic rings. The van der Waals surface area contributed by atoms with Crippen LogP contribution in [0.2, 0.25) is 0 Å². The zero-order valence-electron chi connectivity index (χ0n) is 17.4. The first-order valence-corrected chi connectivity index (χ1v) is 10.1. The molecule has 0 fully saturated rings. The molecule has 164 valence electrons. The SMILES string of the molecule is CN1Cc2cc(Nc3ncc(C(=O)O)c(N[C@H](CO)c4ccccc4)n3)ccc2CC1=O. The van der Waals surface area contributed by atoms with Gasteiger partial charge in [0.2, 0.25) is 11.9 Å². The molecule has 1 aliphatic heterocycles. The Morgan fingerprint density at radius 1 is 1.19 bits per heavy atom. The zero-order chi connectivity index (χ0) is 22.7. The molecular weight excluding hydrogens is 410 g/mol. The molecule has 1 aromatic heterocycles. The van der Waals surface area contributed by atoms with E-state index >= 15 is 0 Å². The second kappa shape index (κ2) is 9.03. The highest BCUT2D eigenvalue weighted by Crippen LogP contribution is 2.26. The van der Waals surface area contributed by atoms with Crippen molar-refractivity contribution in [3.8, 4) is 0 Å². The number of carbonyl (C=O) groups is 2. The highest BCUT2D eigenvalue weighted by Gasteiger charge is 2.21. The van der Waals surface area contributed by atoms with E-state index in [2.05, 4.69) is 20.6 Å². The number of aromatic carboxylic acids is 1. The summed E-state index contributed by atoms with van der Waals surface area (Å²) in [5, 5.41) is 25.5. The molecule has 32 heavy (non-hydrogen) atoms. The van der Waals surface area contributed by atoms with Gasteiger partial charge in [-0.2, -0.15) is 4.98 Å². The van der Waals surface area contributed by atoms with Crippen LogP contribution in [0.3, 0.4) is 0 Å². The minimum Gasteiger partial charge on any atom is -0.477 e. The molecular formula is C23H23N5O4. The summed E-state index contributed by atoms with van der Waals surface area (Å²) in [6.07, 6.45) is 1.59. The third-order valence-electron chi connectivity index (χ3n) is 5.35. The van der Waals surface area contributed by atoms with E-state index in [-0.39, 0.29) is 29.8 Å². The predicted molar refractivity (Wildman–Crippen MR) is 119 cm³/mol. The number of fused-ring (bicyclic) bond motifs is 1. The minimum absolute atomic E-state index is 0.0818. The number of nitrogens with zero attached hydrogens (tertiary/aromatic N) is 3. The number of anilines is 3. The summed E-state index contributed by atoms with van der Waals surface area (Å²) in [4.78, 5) is 33.7. The molecule has 0 saturated heterocycles. The minimum atomic E-state index is -1.18. The molecule has 2 heterocycles. The summed E-state index contributed by atoms with van der Waals surface area (Å²) < 4.78 is 0. The lowest BCUT2D eigenvalue weighted by Crippen LogP contribution is -2.32. The number of likely N-dealkylation sites (N-methyl/N-ethyl adjacent to an activating group) is 1. The van der Waals surface area contributed by atoms with Crippen molar-refractivity contribution in [1.82, 2.24) is 14.9 Å². The number of rotatable bonds is 7. The van der Waals surface area contributed by atoms with Crippen LogP contribution in [-0.4, -0.2) is 50.6 Å². The van der Waals surface area contributed by atoms with Crippen LogP contribution < -0.4 is 10.6 Å². The van der Waals surface area contributed by atoms with Gasteiger partial charge in [-0.15, -0.1) is 0 Å². The van der Waals surface area contributed by atoms with E-state index in [1.807, 2.05) is 48.5 Å². The highest BCUT2D eigenvalue weighted by molar-refractivity contribution is 5.93. The maximum atomic E-state index is 11.9. The summed E-state index contributed by atoms with van der Waals surface area (Å²) in [5.74, 6) is -0.785. The van der Waals surface area contributed by atoms with E-state index in [0.717, 1.165) is 22.4 Å². The van der Waals surface area contributed by atoms with Gasteiger partial charge in [0.15, 0.2) is 0 Å². The first-order valence-electron chi connectivity index (χ1n) is 10.1. The number of carbonyl (C=O) groups excluding carboxylic acids is 1. The lowest BCUT2D eigenvalue weighted by atomic mass is 9.99. The van der Waals surface area contributed by atoms with Crippen molar-refractivity contribution in [3.05, 3.63) is 77.0 Å². The van der Waals surface area contributed by atoms with Crippen molar-refractivity contribution in [2.24, 2.45) is 0 Å². The molecule has 9 nitrogen and oxygen atoms in total. The highest BCUT2D eigenvalue weighted by atomic mass is 16.4. The van der Waals surface area contributed by atoms with Gasteiger partial charge < -0.3 is 25.7 Å². The maximum absolute atomic E-state index is 11.9. The maximum Gasteiger partial charge on any atom is 0.341 e. The first kappa shape index (κ1) is 21.3. The monoisotopic (exact) mass is 433 g/mol. The lowest BCUT2D eigenvalue weighted by molar-refractivity contribution is -0.130. The van der Waals surface area contributed by atoms with E-state index < -0.39 is 12.0 Å². The van der Waals surface area contributed by atoms with Gasteiger partial charge in [0.1, 0.15) is 11.4 Å². The van der Waals surface area contributed by atoms with Crippen molar-refractivity contribution in [1.29, 1.82) is 0 Å². The van der Waals surface area contributed by atoms with Gasteiger partial charge in [-0.25, -0.2) is 9.78 Å². The Bertz CT molecular complexity index is 1150. The van der Waals surface area contributed by atoms with Gasteiger partial charge in [-0.1, -0.05) is 36.4 Å². The molecule has 1 atom stereocenters. The van der Waals surface area contributed by atoms with E-state index in [9.17, 15) is 19.8 Å². The Morgan fingerprint density at radius 3 is 2.69 bits per heavy atom. The predicted octanol–water partition coefficient (Wildman–Crippen LogP) is 2.58. The number of aromatic nitrogens is 2. The van der Waals surface area contributed by atoms with Gasteiger partial charge in [0.05, 0.1) is 19.1 Å². The van der Waals surface area contributed by atoms with Gasteiger partial charge in [-0.05, 0) is 28.8 Å². The van der Waals surface area contributed by atoms with Gasteiger partial charge in [0.25, 0.3) is 0 Å². The Labute approximate surface area is 184 Å². The van der Waals surface area contributed by atoms with Crippen molar-refractivity contribution in [2.45, 2.75) is 19.0 Å². The molecule has 0 saturated carbocycles. The van der Waals surface area contributed by atoms with Crippen LogP contribution in [0, 0.1) is 0 Å². The number of hydrogen-bond donors (Lipinski definition) is 4. The van der Waals surface area contributed by atoms with Gasteiger partial charge in [-0.3, -0.25) is 4.79 Å². The van der Waals surface area contributed by atoms with Crippen LogP contribution in [-0.2, 0) is 17.8 Å². The Kier molecular flexibility index (Phi) is 6.00. The summed E-state index contributed by atoms with van der Waals surface area (Å²) in [7, 11) is 1.77. The third kappa shape index (κ3) is 4.52. The molecule has 0 aliphatic carbocycles. The van der Waals surface area contributed by atoms with Crippen molar-refractivity contribution in [2.75, 3.05) is 24.3 Å². The average molecular weight is 433 g/mol. The van der Waals surface area contributed by atoms with E-state index in [0.29, 0.717) is 13.0 Å². The van der Waals surface area contributed by atoms with Crippen molar-refractivity contribution >= 4 is 29.3 Å². The van der Waals surface area contributed by atoms with Crippen LogP contribution in [0.5, 0.6) is 0 Å². The topological polar surface area (TPSA) is 128 Å². The molecule has 0 unspecified atom stereocenters. The van der Waals surface area contributed by atoms with Crippen LogP contribution in [0.1, 0.15) is 33.1 Å². The molecule has 1 amide bonds. The van der Waals surface area contributed by atoms with Crippen LogP contribution in [0.15, 0.2) is 54.7 Å². The molecule has 0 bridgehead atoms. The third-order valence-corrected chi connectivity index (χ3v) is 5.35. The number of benzene rings is 2. The number of nitrogens with one attached hydrogen (secondary N) is 2. The number of amides is 1. The molecule has 9 heteroatoms. The second-order valence-corrected chi connectivity index (χ2v) is 7.59. The molecule has 3 aromatic rings. The molecule has 4 N–H and O–H groups in total. The summed E-state index contributed by atoms with van der Waals surface area (Å²) >= 11 is 0. The first-order chi connectivity index (χ1) is 15.4. The second-order valence-electron chi connectivity index (χ2n) is 7.59. The average Bonchev–Trinajstić information content (AvgIpc) is 2.79. The zero-order valence-corrected chi connectivity index (χ0v) is 17.4. The Hall–Kier alpha value is -3.98. The fraction of sp³-hybridized carbons (Fsp3) is 0.217. The Morgan fingerprint density at radius 2 is 1.97 bits per heavy atom. The largest absolute Gasteiger partial charge is 0.477 e. The molecule has 4 rings (SSSR count). The lowest BCUT2D eigenvalue weighted by Gasteiger charge is -2.25. The number of aliphatic hydroxyl groups is 1. The van der Waals surface area contributed by atoms with Crippen molar-refractivity contribution < 1.29 is 19.8 Å². The summed E-state index contributed by atoms with van der Waals surface area (Å²) in [5.41, 5.74) is 3.43. The van der Waals surface area contributed by atoms with Crippen LogP contribution in [0.25, 0.3) is 0 Å². The van der Waals surface area contributed by atoms with Crippen LogP contribution >= 0.6 is 0 Å². The number of hydrogen-bond acceptors (Lipinski definition) is 7. The summed E-state index contributed by atoms with van der Waals surface area (Å²) in [6, 6.07) is 14.3. The molecule has 2 aromatic carbocycles. The molecule has 0 spiro atoms. The Balaban J connectivity index is 1.60. The van der Waals surface area contributed by atoms with Crippen LogP contribution in [0.4, 0.5) is 17.5 Å². The molecule has 0 radical (unpaired) electrons. The fourth-order valence-electron chi connectivity index (χ4n) is 3.59. The number of aliphatic hydroxyl groups excluding tert-OH is 1. The van der Waals surface area contributed by atoms with Gasteiger partial charge >= 0.3 is 5.97 Å². The van der Waals surface area contributed by atoms with E-state index in [1.165, 1.54) is 6.20 Å². The van der Waals surface area contributed by atoms with Gasteiger partial charge in [0, 0.05) is 25.5 Å². The quantitative estimate of drug-likeness (QED) is 0.448. The normalized spacial score (nSPS) is 13.9. The summed E-state index contributed by atoms with van der Waals surface area (Å²) in [6.45, 7) is 0.275. The fourth-order valence-corrected chi connectivity index (χ4v) is 3.59. The number of carboxylic acids is 1.